The fourth-order valence-corrected chi connectivity index (χ4v) is 0.545. The molecule has 0 aliphatic rings. The van der Waals surface area contributed by atoms with Gasteiger partial charge in [-0.1, -0.05) is 0 Å². The van der Waals surface area contributed by atoms with E-state index in [9.17, 15) is 4.79 Å². The second kappa shape index (κ2) is 7.59. The Bertz CT molecular complexity index is 281. The maximum atomic E-state index is 10.9. The Balaban J connectivity index is 3.81. The molecule has 0 aliphatic heterocycles. The number of hydrogen-bond acceptors (Lipinski definition) is 4. The van der Waals surface area contributed by atoms with Crippen LogP contribution in [-0.2, 0) is 4.74 Å². The highest BCUT2D eigenvalue weighted by Gasteiger charge is 1.97. The standard InChI is InChI=1S/C8H10N4O2/c1-14-3-2-11-8(13)12-6-7(4-9)5-10/h6H,2-3H2,1H3,(H2,11,12,13). The molecule has 0 saturated carbocycles. The number of carbonyl (C=O) groups is 1. The van der Waals surface area contributed by atoms with E-state index in [2.05, 4.69) is 10.6 Å². The quantitative estimate of drug-likeness (QED) is 0.480. The molecule has 0 heterocycles. The number of allylic oxidation sites excluding steroid dienone is 1. The van der Waals surface area contributed by atoms with Gasteiger partial charge < -0.3 is 15.4 Å². The first-order valence-electron chi connectivity index (χ1n) is 3.78. The van der Waals surface area contributed by atoms with Gasteiger partial charge in [0.1, 0.15) is 17.7 Å². The van der Waals surface area contributed by atoms with Gasteiger partial charge >= 0.3 is 6.03 Å². The maximum Gasteiger partial charge on any atom is 0.318 e. The molecule has 6 heteroatoms. The number of hydrogen-bond donors (Lipinski definition) is 2. The van der Waals surface area contributed by atoms with Gasteiger partial charge in [-0.15, -0.1) is 0 Å². The second-order valence-electron chi connectivity index (χ2n) is 2.17. The lowest BCUT2D eigenvalue weighted by Crippen LogP contribution is -2.34. The summed E-state index contributed by atoms with van der Waals surface area (Å²) in [6.07, 6.45) is 1.04. The van der Waals surface area contributed by atoms with Crippen molar-refractivity contribution >= 4 is 6.03 Å². The Morgan fingerprint density at radius 1 is 1.50 bits per heavy atom. The molecule has 0 bridgehead atoms. The highest BCUT2D eigenvalue weighted by atomic mass is 16.5. The third-order valence-corrected chi connectivity index (χ3v) is 1.18. The molecule has 0 unspecified atom stereocenters. The van der Waals surface area contributed by atoms with E-state index in [1.165, 1.54) is 7.11 Å². The first-order chi connectivity index (χ1) is 6.74. The molecule has 0 fully saturated rings. The number of nitriles is 2. The molecule has 14 heavy (non-hydrogen) atoms. The van der Waals surface area contributed by atoms with E-state index in [1.807, 2.05) is 0 Å². The van der Waals surface area contributed by atoms with Crippen molar-refractivity contribution in [3.63, 3.8) is 0 Å². The predicted molar refractivity (Wildman–Crippen MR) is 47.7 cm³/mol. The summed E-state index contributed by atoms with van der Waals surface area (Å²) < 4.78 is 4.70. The van der Waals surface area contributed by atoms with Gasteiger partial charge in [-0.3, -0.25) is 0 Å². The van der Waals surface area contributed by atoms with E-state index in [0.29, 0.717) is 13.2 Å². The number of amides is 2. The number of nitrogens with one attached hydrogen (secondary N) is 2. The van der Waals surface area contributed by atoms with Gasteiger partial charge in [0.25, 0.3) is 0 Å². The monoisotopic (exact) mass is 194 g/mol. The number of urea groups is 1. The van der Waals surface area contributed by atoms with Gasteiger partial charge in [-0.25, -0.2) is 4.79 Å². The summed E-state index contributed by atoms with van der Waals surface area (Å²) in [7, 11) is 1.52. The molecule has 74 valence electrons. The molecular formula is C8H10N4O2. The zero-order chi connectivity index (χ0) is 10.8. The number of carbonyl (C=O) groups excluding carboxylic acids is 1. The van der Waals surface area contributed by atoms with E-state index < -0.39 is 6.03 Å². The van der Waals surface area contributed by atoms with Gasteiger partial charge in [-0.2, -0.15) is 10.5 Å². The van der Waals surface area contributed by atoms with Crippen molar-refractivity contribution in [2.45, 2.75) is 0 Å². The zero-order valence-corrected chi connectivity index (χ0v) is 7.70. The summed E-state index contributed by atoms with van der Waals surface area (Å²) >= 11 is 0. The fraction of sp³-hybridized carbons (Fsp3) is 0.375. The molecule has 6 nitrogen and oxygen atoms in total. The Hall–Kier alpha value is -2.05. The normalized spacial score (nSPS) is 7.93. The van der Waals surface area contributed by atoms with Crippen LogP contribution in [0.4, 0.5) is 4.79 Å². The highest BCUT2D eigenvalue weighted by molar-refractivity contribution is 5.75. The lowest BCUT2D eigenvalue weighted by molar-refractivity contribution is 0.196. The predicted octanol–water partition coefficient (Wildman–Crippen LogP) is -0.137. The molecule has 0 aliphatic carbocycles. The van der Waals surface area contributed by atoms with Crippen LogP contribution in [0, 0.1) is 22.7 Å². The van der Waals surface area contributed by atoms with E-state index in [-0.39, 0.29) is 5.57 Å². The molecule has 0 radical (unpaired) electrons. The van der Waals surface area contributed by atoms with Crippen molar-refractivity contribution in [1.29, 1.82) is 10.5 Å². The van der Waals surface area contributed by atoms with E-state index >= 15 is 0 Å². The summed E-state index contributed by atoms with van der Waals surface area (Å²) in [6, 6.07) is 2.73. The zero-order valence-electron chi connectivity index (χ0n) is 7.70. The van der Waals surface area contributed by atoms with E-state index in [1.54, 1.807) is 12.1 Å². The van der Waals surface area contributed by atoms with Crippen LogP contribution in [0.1, 0.15) is 0 Å². The van der Waals surface area contributed by atoms with Crippen molar-refractivity contribution in [2.24, 2.45) is 0 Å². The minimum Gasteiger partial charge on any atom is -0.383 e. The first-order valence-corrected chi connectivity index (χ1v) is 3.78. The Morgan fingerprint density at radius 3 is 2.64 bits per heavy atom. The topological polar surface area (TPSA) is 97.9 Å². The molecule has 0 aromatic rings. The first kappa shape index (κ1) is 11.9. The Labute approximate surface area is 81.8 Å². The van der Waals surface area contributed by atoms with Crippen LogP contribution in [0.2, 0.25) is 0 Å². The van der Waals surface area contributed by atoms with Gasteiger partial charge in [-0.05, 0) is 0 Å². The minimum absolute atomic E-state index is 0.160. The summed E-state index contributed by atoms with van der Waals surface area (Å²) in [5, 5.41) is 21.3. The molecule has 0 rings (SSSR count). The summed E-state index contributed by atoms with van der Waals surface area (Å²) in [4.78, 5) is 10.9. The molecule has 0 atom stereocenters. The second-order valence-corrected chi connectivity index (χ2v) is 2.17. The third-order valence-electron chi connectivity index (χ3n) is 1.18. The smallest absolute Gasteiger partial charge is 0.318 e. The van der Waals surface area contributed by atoms with Crippen LogP contribution < -0.4 is 10.6 Å². The Morgan fingerprint density at radius 2 is 2.14 bits per heavy atom. The number of nitrogens with zero attached hydrogens (tertiary/aromatic N) is 2. The summed E-state index contributed by atoms with van der Waals surface area (Å²) in [6.45, 7) is 0.769. The Kier molecular flexibility index (Phi) is 6.48. The lowest BCUT2D eigenvalue weighted by atomic mass is 10.4. The third kappa shape index (κ3) is 5.58. The number of rotatable bonds is 4. The molecule has 0 saturated heterocycles. The largest absolute Gasteiger partial charge is 0.383 e. The van der Waals surface area contributed by atoms with Crippen molar-refractivity contribution in [3.8, 4) is 12.1 Å². The average Bonchev–Trinajstić information content (AvgIpc) is 2.20. The lowest BCUT2D eigenvalue weighted by Gasteiger charge is -2.02. The van der Waals surface area contributed by atoms with Crippen LogP contribution in [0.25, 0.3) is 0 Å². The van der Waals surface area contributed by atoms with Crippen molar-refractivity contribution < 1.29 is 9.53 Å². The SMILES string of the molecule is COCCNC(=O)NC=C(C#N)C#N. The molecule has 0 aromatic heterocycles. The molecule has 0 spiro atoms. The van der Waals surface area contributed by atoms with Crippen LogP contribution in [0.15, 0.2) is 11.8 Å². The van der Waals surface area contributed by atoms with Gasteiger partial charge in [0.05, 0.1) is 6.61 Å². The van der Waals surface area contributed by atoms with E-state index in [4.69, 9.17) is 15.3 Å². The van der Waals surface area contributed by atoms with Crippen LogP contribution in [-0.4, -0.2) is 26.3 Å². The van der Waals surface area contributed by atoms with Crippen molar-refractivity contribution in [2.75, 3.05) is 20.3 Å². The summed E-state index contributed by atoms with van der Waals surface area (Å²) in [5.74, 6) is 0. The van der Waals surface area contributed by atoms with Crippen LogP contribution in [0.3, 0.4) is 0 Å². The number of methoxy groups -OCH3 is 1. The highest BCUT2D eigenvalue weighted by Crippen LogP contribution is 1.84. The number of ether oxygens (including phenoxy) is 1. The van der Waals surface area contributed by atoms with Crippen molar-refractivity contribution in [1.82, 2.24) is 10.6 Å². The van der Waals surface area contributed by atoms with Crippen LogP contribution in [0.5, 0.6) is 0 Å². The molecule has 2 amide bonds. The van der Waals surface area contributed by atoms with Gasteiger partial charge in [0, 0.05) is 19.9 Å². The van der Waals surface area contributed by atoms with E-state index in [0.717, 1.165) is 6.20 Å². The molecule has 2 N–H and O–H groups in total. The maximum absolute atomic E-state index is 10.9. The van der Waals surface area contributed by atoms with Gasteiger partial charge in [0.15, 0.2) is 0 Å². The van der Waals surface area contributed by atoms with Crippen molar-refractivity contribution in [3.05, 3.63) is 11.8 Å². The molecule has 0 aromatic carbocycles. The molecular weight excluding hydrogens is 184 g/mol. The van der Waals surface area contributed by atoms with Crippen LogP contribution >= 0.6 is 0 Å². The fourth-order valence-electron chi connectivity index (χ4n) is 0.545. The van der Waals surface area contributed by atoms with Gasteiger partial charge in [0.2, 0.25) is 0 Å². The summed E-state index contributed by atoms with van der Waals surface area (Å²) in [5.41, 5.74) is -0.160. The minimum atomic E-state index is -0.481. The average molecular weight is 194 g/mol.